The van der Waals surface area contributed by atoms with Gasteiger partial charge in [-0.15, -0.1) is 5.10 Å². The molecule has 2 N–H and O–H groups in total. The third kappa shape index (κ3) is 2.89. The summed E-state index contributed by atoms with van der Waals surface area (Å²) in [5.41, 5.74) is 7.45. The van der Waals surface area contributed by atoms with Crippen molar-refractivity contribution in [1.82, 2.24) is 10.2 Å². The zero-order valence-electron chi connectivity index (χ0n) is 11.2. The summed E-state index contributed by atoms with van der Waals surface area (Å²) in [6.45, 7) is 2.04. The Bertz CT molecular complexity index is 632. The molecule has 104 valence electrons. The summed E-state index contributed by atoms with van der Waals surface area (Å²) in [6.07, 6.45) is 1.58. The van der Waals surface area contributed by atoms with E-state index in [4.69, 9.17) is 29.6 Å². The highest BCUT2D eigenvalue weighted by atomic mass is 35.5. The Morgan fingerprint density at radius 2 is 2.05 bits per heavy atom. The van der Waals surface area contributed by atoms with Gasteiger partial charge in [0.1, 0.15) is 4.99 Å². The fraction of sp³-hybridized carbons (Fsp3) is 0.214. The average Bonchev–Trinajstić information content (AvgIpc) is 2.46. The number of halogens is 1. The molecular formula is C14H15ClN4S. The number of nitrogens with two attached hydrogens (primary N) is 1. The zero-order valence-corrected chi connectivity index (χ0v) is 12.8. The van der Waals surface area contributed by atoms with Gasteiger partial charge in [0.05, 0.1) is 17.8 Å². The zero-order chi connectivity index (χ0) is 14.7. The fourth-order valence-electron chi connectivity index (χ4n) is 1.98. The molecule has 0 aliphatic carbocycles. The first-order valence-electron chi connectivity index (χ1n) is 6.11. The quantitative estimate of drug-likeness (QED) is 0.880. The van der Waals surface area contributed by atoms with Gasteiger partial charge in [0.25, 0.3) is 0 Å². The molecule has 1 heterocycles. The normalized spacial score (nSPS) is 11.9. The maximum Gasteiger partial charge on any atom is 0.161 e. The van der Waals surface area contributed by atoms with Crippen LogP contribution in [0.15, 0.2) is 36.5 Å². The van der Waals surface area contributed by atoms with Gasteiger partial charge in [-0.25, -0.2) is 0 Å². The first-order valence-corrected chi connectivity index (χ1v) is 6.89. The van der Waals surface area contributed by atoms with Crippen molar-refractivity contribution in [1.29, 1.82) is 0 Å². The molecule has 6 heteroatoms. The van der Waals surface area contributed by atoms with E-state index in [1.165, 1.54) is 0 Å². The summed E-state index contributed by atoms with van der Waals surface area (Å²) < 4.78 is 0. The number of hydrogen-bond donors (Lipinski definition) is 1. The first-order chi connectivity index (χ1) is 9.52. The van der Waals surface area contributed by atoms with Crippen molar-refractivity contribution in [2.75, 3.05) is 11.9 Å². The number of anilines is 1. The van der Waals surface area contributed by atoms with Gasteiger partial charge in [0, 0.05) is 12.1 Å². The molecule has 0 fully saturated rings. The van der Waals surface area contributed by atoms with Crippen molar-refractivity contribution in [3.63, 3.8) is 0 Å². The van der Waals surface area contributed by atoms with Crippen LogP contribution in [0.2, 0.25) is 5.02 Å². The van der Waals surface area contributed by atoms with Crippen LogP contribution in [-0.4, -0.2) is 22.2 Å². The van der Waals surface area contributed by atoms with Crippen molar-refractivity contribution in [2.24, 2.45) is 5.73 Å². The third-order valence-corrected chi connectivity index (χ3v) is 3.80. The highest BCUT2D eigenvalue weighted by molar-refractivity contribution is 7.80. The van der Waals surface area contributed by atoms with E-state index in [0.717, 1.165) is 5.56 Å². The molecular weight excluding hydrogens is 292 g/mol. The van der Waals surface area contributed by atoms with Gasteiger partial charge in [-0.3, -0.25) is 0 Å². The summed E-state index contributed by atoms with van der Waals surface area (Å²) in [5.74, 6) is 0.646. The van der Waals surface area contributed by atoms with Crippen LogP contribution in [0.5, 0.6) is 0 Å². The van der Waals surface area contributed by atoms with E-state index in [1.54, 1.807) is 12.3 Å². The summed E-state index contributed by atoms with van der Waals surface area (Å²) in [6, 6.07) is 9.50. The highest BCUT2D eigenvalue weighted by Gasteiger charge is 2.19. The lowest BCUT2D eigenvalue weighted by molar-refractivity contribution is 0.719. The molecule has 0 aliphatic heterocycles. The molecule has 2 aromatic rings. The molecule has 1 atom stereocenters. The topological polar surface area (TPSA) is 55.0 Å². The van der Waals surface area contributed by atoms with Gasteiger partial charge in [-0.1, -0.05) is 42.0 Å². The minimum absolute atomic E-state index is 0.0218. The van der Waals surface area contributed by atoms with Crippen molar-refractivity contribution in [2.45, 2.75) is 13.0 Å². The highest BCUT2D eigenvalue weighted by Crippen LogP contribution is 2.30. The van der Waals surface area contributed by atoms with Crippen molar-refractivity contribution >= 4 is 34.6 Å². The summed E-state index contributed by atoms with van der Waals surface area (Å²) in [7, 11) is 1.92. The van der Waals surface area contributed by atoms with Crippen LogP contribution in [0.1, 0.15) is 24.1 Å². The first kappa shape index (κ1) is 14.7. The Morgan fingerprint density at radius 3 is 2.70 bits per heavy atom. The monoisotopic (exact) mass is 306 g/mol. The van der Waals surface area contributed by atoms with Crippen LogP contribution in [0.4, 0.5) is 5.82 Å². The molecule has 0 saturated carbocycles. The molecule has 0 aliphatic rings. The van der Waals surface area contributed by atoms with Crippen molar-refractivity contribution in [3.05, 3.63) is 52.7 Å². The molecule has 2 rings (SSSR count). The van der Waals surface area contributed by atoms with Crippen LogP contribution in [0, 0.1) is 0 Å². The van der Waals surface area contributed by atoms with Gasteiger partial charge in [0.2, 0.25) is 0 Å². The Balaban J connectivity index is 2.39. The fourth-order valence-corrected chi connectivity index (χ4v) is 2.44. The Morgan fingerprint density at radius 1 is 1.35 bits per heavy atom. The molecule has 0 amide bonds. The van der Waals surface area contributed by atoms with Crippen LogP contribution >= 0.6 is 23.8 Å². The van der Waals surface area contributed by atoms with E-state index in [1.807, 2.05) is 43.1 Å². The SMILES string of the molecule is CC(c1ccccc1Cl)N(C)c1nnccc1C(N)=S. The lowest BCUT2D eigenvalue weighted by Crippen LogP contribution is -2.26. The van der Waals surface area contributed by atoms with Gasteiger partial charge in [0.15, 0.2) is 5.82 Å². The maximum absolute atomic E-state index is 6.24. The lowest BCUT2D eigenvalue weighted by atomic mass is 10.1. The third-order valence-electron chi connectivity index (χ3n) is 3.24. The summed E-state index contributed by atoms with van der Waals surface area (Å²) in [5, 5.41) is 8.76. The molecule has 4 nitrogen and oxygen atoms in total. The molecule has 1 aromatic heterocycles. The second-order valence-corrected chi connectivity index (χ2v) is 5.29. The van der Waals surface area contributed by atoms with E-state index in [9.17, 15) is 0 Å². The summed E-state index contributed by atoms with van der Waals surface area (Å²) >= 11 is 11.3. The minimum Gasteiger partial charge on any atom is -0.389 e. The Labute approximate surface area is 128 Å². The average molecular weight is 307 g/mol. The molecule has 0 bridgehead atoms. The van der Waals surface area contributed by atoms with E-state index in [0.29, 0.717) is 21.4 Å². The summed E-state index contributed by atoms with van der Waals surface area (Å²) in [4.78, 5) is 2.26. The molecule has 1 aromatic carbocycles. The van der Waals surface area contributed by atoms with Gasteiger partial charge < -0.3 is 10.6 Å². The lowest BCUT2D eigenvalue weighted by Gasteiger charge is -2.28. The number of nitrogens with zero attached hydrogens (tertiary/aromatic N) is 3. The number of benzene rings is 1. The molecule has 0 saturated heterocycles. The number of hydrogen-bond acceptors (Lipinski definition) is 4. The Hall–Kier alpha value is -1.72. The van der Waals surface area contributed by atoms with Crippen molar-refractivity contribution < 1.29 is 0 Å². The van der Waals surface area contributed by atoms with Crippen LogP contribution < -0.4 is 10.6 Å². The predicted molar refractivity (Wildman–Crippen MR) is 86.2 cm³/mol. The number of rotatable bonds is 4. The smallest absolute Gasteiger partial charge is 0.161 e. The van der Waals surface area contributed by atoms with E-state index < -0.39 is 0 Å². The van der Waals surface area contributed by atoms with Gasteiger partial charge in [-0.05, 0) is 24.6 Å². The molecule has 1 unspecified atom stereocenters. The number of aromatic nitrogens is 2. The predicted octanol–water partition coefficient (Wildman–Crippen LogP) is 2.96. The second kappa shape index (κ2) is 6.15. The van der Waals surface area contributed by atoms with E-state index in [2.05, 4.69) is 10.2 Å². The van der Waals surface area contributed by atoms with E-state index >= 15 is 0 Å². The molecule has 20 heavy (non-hydrogen) atoms. The second-order valence-electron chi connectivity index (χ2n) is 4.44. The number of thiocarbonyl (C=S) groups is 1. The molecule has 0 radical (unpaired) electrons. The van der Waals surface area contributed by atoms with Crippen LogP contribution in [0.3, 0.4) is 0 Å². The molecule has 0 spiro atoms. The minimum atomic E-state index is 0.0218. The van der Waals surface area contributed by atoms with Crippen molar-refractivity contribution in [3.8, 4) is 0 Å². The van der Waals surface area contributed by atoms with Crippen LogP contribution in [0.25, 0.3) is 0 Å². The van der Waals surface area contributed by atoms with Gasteiger partial charge in [-0.2, -0.15) is 5.10 Å². The maximum atomic E-state index is 6.24. The van der Waals surface area contributed by atoms with Crippen LogP contribution in [-0.2, 0) is 0 Å². The standard InChI is InChI=1S/C14H15ClN4S/c1-9(10-5-3-4-6-12(10)15)19(2)14-11(13(16)20)7-8-17-18-14/h3-9H,1-2H3,(H2,16,20). The Kier molecular flexibility index (Phi) is 4.52. The van der Waals surface area contributed by atoms with Gasteiger partial charge >= 0.3 is 0 Å². The largest absolute Gasteiger partial charge is 0.389 e. The van der Waals surface area contributed by atoms with E-state index in [-0.39, 0.29) is 6.04 Å².